The zero-order chi connectivity index (χ0) is 18.2. The molecule has 0 aromatic heterocycles. The fourth-order valence-corrected chi connectivity index (χ4v) is 2.37. The molecule has 1 atom stereocenters. The second-order valence-corrected chi connectivity index (χ2v) is 6.09. The highest BCUT2D eigenvalue weighted by molar-refractivity contribution is 5.94. The van der Waals surface area contributed by atoms with Crippen LogP contribution in [0.2, 0.25) is 0 Å². The molecule has 5 heteroatoms. The lowest BCUT2D eigenvalue weighted by Gasteiger charge is -2.17. The van der Waals surface area contributed by atoms with Crippen LogP contribution in [0.3, 0.4) is 0 Å². The Kier molecular flexibility index (Phi) is 6.71. The normalized spacial score (nSPS) is 12.0. The third-order valence-electron chi connectivity index (χ3n) is 3.69. The number of benzene rings is 2. The highest BCUT2D eigenvalue weighted by Gasteiger charge is 2.18. The molecule has 0 heterocycles. The number of hydrogen-bond donors (Lipinski definition) is 2. The predicted molar refractivity (Wildman–Crippen MR) is 95.3 cm³/mol. The van der Waals surface area contributed by atoms with E-state index in [-0.39, 0.29) is 18.4 Å². The Labute approximate surface area is 147 Å². The fourth-order valence-electron chi connectivity index (χ4n) is 2.37. The summed E-state index contributed by atoms with van der Waals surface area (Å²) in [6.07, 6.45) is -0.0265. The lowest BCUT2D eigenvalue weighted by Crippen LogP contribution is -2.30. The number of carboxylic acid groups (broad SMARTS) is 1. The first-order valence-corrected chi connectivity index (χ1v) is 8.24. The van der Waals surface area contributed by atoms with Crippen molar-refractivity contribution >= 4 is 11.9 Å². The number of ether oxygens (including phenoxy) is 1. The SMILES string of the molecule is CC(C)OCc1ccc(C(=O)N[C@H](CC(=O)O)c2ccccc2)cc1. The molecule has 25 heavy (non-hydrogen) atoms. The van der Waals surface area contributed by atoms with Crippen molar-refractivity contribution < 1.29 is 19.4 Å². The van der Waals surface area contributed by atoms with Crippen LogP contribution in [-0.4, -0.2) is 23.1 Å². The van der Waals surface area contributed by atoms with Gasteiger partial charge in [-0.25, -0.2) is 0 Å². The Balaban J connectivity index is 2.06. The molecular formula is C20H23NO4. The number of carboxylic acids is 1. The first-order chi connectivity index (χ1) is 12.0. The first kappa shape index (κ1) is 18.7. The summed E-state index contributed by atoms with van der Waals surface area (Å²) in [5.41, 5.74) is 2.23. The van der Waals surface area contributed by atoms with Gasteiger partial charge in [0.05, 0.1) is 25.2 Å². The number of carbonyl (C=O) groups excluding carboxylic acids is 1. The molecule has 2 rings (SSSR count). The van der Waals surface area contributed by atoms with Gasteiger partial charge in [0, 0.05) is 5.56 Å². The van der Waals surface area contributed by atoms with Crippen LogP contribution in [0.15, 0.2) is 54.6 Å². The minimum Gasteiger partial charge on any atom is -0.481 e. The van der Waals surface area contributed by atoms with E-state index in [1.807, 2.05) is 44.2 Å². The number of amides is 1. The molecule has 2 N–H and O–H groups in total. The van der Waals surface area contributed by atoms with Gasteiger partial charge in [-0.05, 0) is 37.1 Å². The van der Waals surface area contributed by atoms with Crippen LogP contribution in [0.4, 0.5) is 0 Å². The molecular weight excluding hydrogens is 318 g/mol. The van der Waals surface area contributed by atoms with Gasteiger partial charge in [0.25, 0.3) is 5.91 Å². The third kappa shape index (κ3) is 6.04. The van der Waals surface area contributed by atoms with Crippen LogP contribution < -0.4 is 5.32 Å². The number of hydrogen-bond acceptors (Lipinski definition) is 3. The third-order valence-corrected chi connectivity index (χ3v) is 3.69. The van der Waals surface area contributed by atoms with E-state index in [4.69, 9.17) is 9.84 Å². The molecule has 0 radical (unpaired) electrons. The standard InChI is InChI=1S/C20H23NO4/c1-14(2)25-13-15-8-10-17(11-9-15)20(24)21-18(12-19(22)23)16-6-4-3-5-7-16/h3-11,14,18H,12-13H2,1-2H3,(H,21,24)(H,22,23)/t18-/m1/s1. The summed E-state index contributed by atoms with van der Waals surface area (Å²) in [7, 11) is 0. The molecule has 5 nitrogen and oxygen atoms in total. The Hall–Kier alpha value is -2.66. The molecule has 132 valence electrons. The molecule has 0 bridgehead atoms. The predicted octanol–water partition coefficient (Wildman–Crippen LogP) is 3.56. The number of aliphatic carboxylic acids is 1. The summed E-state index contributed by atoms with van der Waals surface area (Å²) in [5.74, 6) is -1.26. The molecule has 0 aliphatic heterocycles. The summed E-state index contributed by atoms with van der Waals surface area (Å²) in [6, 6.07) is 15.6. The van der Waals surface area contributed by atoms with Crippen LogP contribution in [0.5, 0.6) is 0 Å². The molecule has 2 aromatic rings. The summed E-state index contributed by atoms with van der Waals surface area (Å²) >= 11 is 0. The number of carbonyl (C=O) groups is 2. The van der Waals surface area contributed by atoms with Crippen LogP contribution in [0, 0.1) is 0 Å². The summed E-state index contributed by atoms with van der Waals surface area (Å²) in [6.45, 7) is 4.42. The van der Waals surface area contributed by atoms with Gasteiger partial charge < -0.3 is 15.2 Å². The minimum absolute atomic E-state index is 0.144. The summed E-state index contributed by atoms with van der Waals surface area (Å²) < 4.78 is 5.53. The fraction of sp³-hybridized carbons (Fsp3) is 0.300. The van der Waals surface area contributed by atoms with Crippen LogP contribution in [0.25, 0.3) is 0 Å². The van der Waals surface area contributed by atoms with E-state index in [9.17, 15) is 9.59 Å². The van der Waals surface area contributed by atoms with Crippen molar-refractivity contribution in [2.75, 3.05) is 0 Å². The molecule has 0 fully saturated rings. The average molecular weight is 341 g/mol. The van der Waals surface area contributed by atoms with E-state index >= 15 is 0 Å². The van der Waals surface area contributed by atoms with Crippen molar-refractivity contribution in [3.63, 3.8) is 0 Å². The number of nitrogens with one attached hydrogen (secondary N) is 1. The quantitative estimate of drug-likeness (QED) is 0.770. The van der Waals surface area contributed by atoms with Crippen LogP contribution >= 0.6 is 0 Å². The molecule has 0 saturated carbocycles. The lowest BCUT2D eigenvalue weighted by molar-refractivity contribution is -0.137. The highest BCUT2D eigenvalue weighted by Crippen LogP contribution is 2.17. The lowest BCUT2D eigenvalue weighted by atomic mass is 10.0. The van der Waals surface area contributed by atoms with Crippen molar-refractivity contribution in [2.45, 2.75) is 39.0 Å². The topological polar surface area (TPSA) is 75.6 Å². The highest BCUT2D eigenvalue weighted by atomic mass is 16.5. The van der Waals surface area contributed by atoms with Crippen LogP contribution in [-0.2, 0) is 16.1 Å². The molecule has 0 unspecified atom stereocenters. The van der Waals surface area contributed by atoms with Gasteiger partial charge >= 0.3 is 5.97 Å². The Morgan fingerprint density at radius 1 is 1.04 bits per heavy atom. The van der Waals surface area contributed by atoms with Gasteiger partial charge in [0.15, 0.2) is 0 Å². The van der Waals surface area contributed by atoms with Gasteiger partial charge in [-0.2, -0.15) is 0 Å². The van der Waals surface area contributed by atoms with E-state index in [1.165, 1.54) is 0 Å². The smallest absolute Gasteiger partial charge is 0.305 e. The Bertz CT molecular complexity index is 695. The maximum Gasteiger partial charge on any atom is 0.305 e. The van der Waals surface area contributed by atoms with Crippen molar-refractivity contribution in [3.8, 4) is 0 Å². The van der Waals surface area contributed by atoms with Crippen molar-refractivity contribution in [1.82, 2.24) is 5.32 Å². The molecule has 0 spiro atoms. The first-order valence-electron chi connectivity index (χ1n) is 8.24. The molecule has 2 aromatic carbocycles. The van der Waals surface area contributed by atoms with E-state index in [2.05, 4.69) is 5.32 Å². The zero-order valence-corrected chi connectivity index (χ0v) is 14.4. The summed E-state index contributed by atoms with van der Waals surface area (Å²) in [5, 5.41) is 11.9. The maximum absolute atomic E-state index is 12.5. The maximum atomic E-state index is 12.5. The van der Waals surface area contributed by atoms with Crippen molar-refractivity contribution in [2.24, 2.45) is 0 Å². The van der Waals surface area contributed by atoms with Crippen molar-refractivity contribution in [1.29, 1.82) is 0 Å². The van der Waals surface area contributed by atoms with E-state index in [1.54, 1.807) is 24.3 Å². The van der Waals surface area contributed by atoms with E-state index in [0.29, 0.717) is 12.2 Å². The van der Waals surface area contributed by atoms with Gasteiger partial charge in [0.2, 0.25) is 0 Å². The second-order valence-electron chi connectivity index (χ2n) is 6.09. The van der Waals surface area contributed by atoms with Gasteiger partial charge in [0.1, 0.15) is 0 Å². The second kappa shape index (κ2) is 8.99. The van der Waals surface area contributed by atoms with E-state index in [0.717, 1.165) is 11.1 Å². The van der Waals surface area contributed by atoms with Crippen molar-refractivity contribution in [3.05, 3.63) is 71.3 Å². The molecule has 0 aliphatic carbocycles. The average Bonchev–Trinajstić information content (AvgIpc) is 2.60. The Morgan fingerprint density at radius 2 is 1.68 bits per heavy atom. The monoisotopic (exact) mass is 341 g/mol. The molecule has 0 aliphatic rings. The van der Waals surface area contributed by atoms with Gasteiger partial charge in [-0.15, -0.1) is 0 Å². The van der Waals surface area contributed by atoms with E-state index < -0.39 is 12.0 Å². The number of rotatable bonds is 8. The Morgan fingerprint density at radius 3 is 2.24 bits per heavy atom. The van der Waals surface area contributed by atoms with Gasteiger partial charge in [-0.3, -0.25) is 9.59 Å². The molecule has 0 saturated heterocycles. The summed E-state index contributed by atoms with van der Waals surface area (Å²) in [4.78, 5) is 23.6. The van der Waals surface area contributed by atoms with Crippen LogP contribution in [0.1, 0.15) is 47.8 Å². The van der Waals surface area contributed by atoms with Gasteiger partial charge in [-0.1, -0.05) is 42.5 Å². The molecule has 1 amide bonds. The minimum atomic E-state index is -0.963. The zero-order valence-electron chi connectivity index (χ0n) is 14.4. The largest absolute Gasteiger partial charge is 0.481 e.